The molecule has 1 saturated heterocycles. The number of halogens is 1. The number of aliphatic hydroxyl groups is 1. The maximum absolute atomic E-state index is 12.2. The summed E-state index contributed by atoms with van der Waals surface area (Å²) in [6.45, 7) is 2.01. The quantitative estimate of drug-likeness (QED) is 0.794. The number of aliphatic hydroxyl groups excluding tert-OH is 1. The molecule has 0 spiro atoms. The first-order valence-corrected chi connectivity index (χ1v) is 7.50. The van der Waals surface area contributed by atoms with Crippen molar-refractivity contribution in [1.29, 1.82) is 0 Å². The van der Waals surface area contributed by atoms with E-state index in [1.165, 1.54) is 0 Å². The minimum absolute atomic E-state index is 0. The number of benzene rings is 1. The van der Waals surface area contributed by atoms with E-state index < -0.39 is 6.10 Å². The standard InChI is InChI=1S/C16H22N2O2.ClH/c19-14-10-12-3-1-2-4-13(12)16(14)18-15(20)9-11-5-7-17-8-6-11;/h1-4,11,14,16-17,19H,5-10H2,(H,18,20);1H/t14-,16+;/m1./s1. The van der Waals surface area contributed by atoms with Crippen molar-refractivity contribution in [3.63, 3.8) is 0 Å². The van der Waals surface area contributed by atoms with Gasteiger partial charge in [0, 0.05) is 12.8 Å². The Morgan fingerprint density at radius 2 is 2.00 bits per heavy atom. The Balaban J connectivity index is 0.00000161. The predicted octanol–water partition coefficient (Wildman–Crippen LogP) is 1.57. The molecule has 3 rings (SSSR count). The van der Waals surface area contributed by atoms with Crippen molar-refractivity contribution in [2.75, 3.05) is 13.1 Å². The molecule has 4 nitrogen and oxygen atoms in total. The van der Waals surface area contributed by atoms with Crippen molar-refractivity contribution < 1.29 is 9.90 Å². The Bertz CT molecular complexity index is 489. The Labute approximate surface area is 131 Å². The fraction of sp³-hybridized carbons (Fsp3) is 0.562. The van der Waals surface area contributed by atoms with Crippen molar-refractivity contribution in [3.8, 4) is 0 Å². The van der Waals surface area contributed by atoms with Crippen LogP contribution in [-0.2, 0) is 11.2 Å². The maximum Gasteiger partial charge on any atom is 0.220 e. The number of hydrogen-bond donors (Lipinski definition) is 3. The summed E-state index contributed by atoms with van der Waals surface area (Å²) in [6, 6.07) is 7.73. The van der Waals surface area contributed by atoms with Crippen LogP contribution in [0.2, 0.25) is 0 Å². The fourth-order valence-electron chi connectivity index (χ4n) is 3.33. The van der Waals surface area contributed by atoms with Gasteiger partial charge in [0.05, 0.1) is 12.1 Å². The van der Waals surface area contributed by atoms with Crippen LogP contribution in [0.3, 0.4) is 0 Å². The largest absolute Gasteiger partial charge is 0.390 e. The summed E-state index contributed by atoms with van der Waals surface area (Å²) in [7, 11) is 0. The highest BCUT2D eigenvalue weighted by Crippen LogP contribution is 2.31. The van der Waals surface area contributed by atoms with Gasteiger partial charge < -0.3 is 15.7 Å². The third-order valence-corrected chi connectivity index (χ3v) is 4.45. The average Bonchev–Trinajstić information content (AvgIpc) is 2.76. The van der Waals surface area contributed by atoms with Gasteiger partial charge in [-0.2, -0.15) is 0 Å². The van der Waals surface area contributed by atoms with E-state index in [2.05, 4.69) is 10.6 Å². The highest BCUT2D eigenvalue weighted by molar-refractivity contribution is 5.85. The van der Waals surface area contributed by atoms with E-state index in [-0.39, 0.29) is 24.4 Å². The zero-order valence-corrected chi connectivity index (χ0v) is 12.9. The first-order chi connectivity index (χ1) is 9.74. The first-order valence-electron chi connectivity index (χ1n) is 7.50. The third-order valence-electron chi connectivity index (χ3n) is 4.45. The van der Waals surface area contributed by atoms with Gasteiger partial charge in [-0.15, -0.1) is 12.4 Å². The molecule has 1 heterocycles. The van der Waals surface area contributed by atoms with Crippen LogP contribution < -0.4 is 10.6 Å². The van der Waals surface area contributed by atoms with E-state index in [1.807, 2.05) is 24.3 Å². The normalized spacial score (nSPS) is 25.0. The summed E-state index contributed by atoms with van der Waals surface area (Å²) in [4.78, 5) is 12.2. The highest BCUT2D eigenvalue weighted by Gasteiger charge is 2.32. The van der Waals surface area contributed by atoms with Crippen LogP contribution in [0, 0.1) is 5.92 Å². The first kappa shape index (κ1) is 16.3. The van der Waals surface area contributed by atoms with Crippen LogP contribution in [0.25, 0.3) is 0 Å². The van der Waals surface area contributed by atoms with Crippen molar-refractivity contribution in [2.45, 2.75) is 37.8 Å². The predicted molar refractivity (Wildman–Crippen MR) is 84.5 cm³/mol. The van der Waals surface area contributed by atoms with Crippen molar-refractivity contribution in [1.82, 2.24) is 10.6 Å². The van der Waals surface area contributed by atoms with Gasteiger partial charge >= 0.3 is 0 Å². The molecule has 0 radical (unpaired) electrons. The van der Waals surface area contributed by atoms with E-state index in [0.717, 1.165) is 37.1 Å². The molecule has 0 aromatic heterocycles. The fourth-order valence-corrected chi connectivity index (χ4v) is 3.33. The lowest BCUT2D eigenvalue weighted by atomic mass is 9.94. The van der Waals surface area contributed by atoms with E-state index in [9.17, 15) is 9.90 Å². The smallest absolute Gasteiger partial charge is 0.220 e. The van der Waals surface area contributed by atoms with Crippen LogP contribution in [0.1, 0.15) is 36.4 Å². The number of piperidine rings is 1. The molecule has 21 heavy (non-hydrogen) atoms. The van der Waals surface area contributed by atoms with Gasteiger partial charge in [0.1, 0.15) is 0 Å². The summed E-state index contributed by atoms with van der Waals surface area (Å²) in [5, 5.41) is 16.5. The lowest BCUT2D eigenvalue weighted by Crippen LogP contribution is -2.36. The number of amides is 1. The van der Waals surface area contributed by atoms with Gasteiger partial charge in [0.15, 0.2) is 0 Å². The summed E-state index contributed by atoms with van der Waals surface area (Å²) in [5.74, 6) is 0.544. The molecule has 0 bridgehead atoms. The van der Waals surface area contributed by atoms with Crippen LogP contribution in [-0.4, -0.2) is 30.2 Å². The second-order valence-corrected chi connectivity index (χ2v) is 5.91. The molecule has 1 fully saturated rings. The van der Waals surface area contributed by atoms with Crippen LogP contribution in [0.4, 0.5) is 0 Å². The van der Waals surface area contributed by atoms with E-state index in [1.54, 1.807) is 0 Å². The van der Waals surface area contributed by atoms with Gasteiger partial charge in [0.25, 0.3) is 0 Å². The topological polar surface area (TPSA) is 61.4 Å². The number of carbonyl (C=O) groups is 1. The summed E-state index contributed by atoms with van der Waals surface area (Å²) < 4.78 is 0. The van der Waals surface area contributed by atoms with Gasteiger partial charge in [-0.1, -0.05) is 24.3 Å². The second kappa shape index (κ2) is 7.25. The van der Waals surface area contributed by atoms with Crippen molar-refractivity contribution in [2.24, 2.45) is 5.92 Å². The van der Waals surface area contributed by atoms with Crippen LogP contribution in [0.15, 0.2) is 24.3 Å². The van der Waals surface area contributed by atoms with Crippen molar-refractivity contribution in [3.05, 3.63) is 35.4 Å². The molecule has 5 heteroatoms. The molecule has 1 aliphatic heterocycles. The molecule has 2 atom stereocenters. The Morgan fingerprint density at radius 1 is 1.29 bits per heavy atom. The molecular formula is C16H23ClN2O2. The van der Waals surface area contributed by atoms with E-state index in [0.29, 0.717) is 18.8 Å². The Morgan fingerprint density at radius 3 is 2.76 bits per heavy atom. The monoisotopic (exact) mass is 310 g/mol. The zero-order chi connectivity index (χ0) is 13.9. The summed E-state index contributed by atoms with van der Waals surface area (Å²) in [5.41, 5.74) is 2.21. The van der Waals surface area contributed by atoms with E-state index in [4.69, 9.17) is 0 Å². The number of carbonyl (C=O) groups excluding carboxylic acids is 1. The molecular weight excluding hydrogens is 288 g/mol. The lowest BCUT2D eigenvalue weighted by Gasteiger charge is -2.24. The highest BCUT2D eigenvalue weighted by atomic mass is 35.5. The molecule has 1 aliphatic carbocycles. The molecule has 1 aromatic carbocycles. The second-order valence-electron chi connectivity index (χ2n) is 5.91. The average molecular weight is 311 g/mol. The van der Waals surface area contributed by atoms with Gasteiger partial charge in [-0.3, -0.25) is 4.79 Å². The molecule has 2 aliphatic rings. The third kappa shape index (κ3) is 3.76. The summed E-state index contributed by atoms with van der Waals surface area (Å²) in [6.07, 6.45) is 2.85. The van der Waals surface area contributed by atoms with E-state index >= 15 is 0 Å². The Hall–Kier alpha value is -1.10. The molecule has 1 aromatic rings. The maximum atomic E-state index is 12.2. The van der Waals surface area contributed by atoms with Crippen molar-refractivity contribution >= 4 is 18.3 Å². The molecule has 116 valence electrons. The SMILES string of the molecule is Cl.O=C(CC1CCNCC1)N[C@H]1c2ccccc2C[C@H]1O. The summed E-state index contributed by atoms with van der Waals surface area (Å²) >= 11 is 0. The van der Waals surface area contributed by atoms with Gasteiger partial charge in [0.2, 0.25) is 5.91 Å². The van der Waals surface area contributed by atoms with Crippen LogP contribution >= 0.6 is 12.4 Å². The molecule has 0 unspecified atom stereocenters. The van der Waals surface area contributed by atoms with Crippen LogP contribution in [0.5, 0.6) is 0 Å². The number of hydrogen-bond acceptors (Lipinski definition) is 3. The minimum atomic E-state index is -0.496. The lowest BCUT2D eigenvalue weighted by molar-refractivity contribution is -0.123. The minimum Gasteiger partial charge on any atom is -0.390 e. The molecule has 0 saturated carbocycles. The number of rotatable bonds is 3. The number of nitrogens with one attached hydrogen (secondary N) is 2. The van der Waals surface area contributed by atoms with Gasteiger partial charge in [-0.05, 0) is 43.0 Å². The van der Waals surface area contributed by atoms with Gasteiger partial charge in [-0.25, -0.2) is 0 Å². The molecule has 3 N–H and O–H groups in total. The molecule has 1 amide bonds. The zero-order valence-electron chi connectivity index (χ0n) is 12.0. The number of fused-ring (bicyclic) bond motifs is 1. The Kier molecular flexibility index (Phi) is 5.62.